The third-order valence-corrected chi connectivity index (χ3v) is 9.74. The first-order valence-corrected chi connectivity index (χ1v) is 13.3. The van der Waals surface area contributed by atoms with Gasteiger partial charge in [-0.2, -0.15) is 0 Å². The van der Waals surface area contributed by atoms with Gasteiger partial charge in [0, 0.05) is 0 Å². The maximum Gasteiger partial charge on any atom is -0.0157 e. The van der Waals surface area contributed by atoms with Crippen LogP contribution in [0.15, 0.2) is 133 Å². The molecule has 148 valence electrons. The highest BCUT2D eigenvalue weighted by molar-refractivity contribution is 7.75. The fourth-order valence-corrected chi connectivity index (χ4v) is 7.78. The first-order valence-electron chi connectivity index (χ1n) is 10.4. The Hall–Kier alpha value is -2.52. The molecule has 0 radical (unpaired) electrons. The van der Waals surface area contributed by atoms with Crippen molar-refractivity contribution in [2.75, 3.05) is 6.16 Å². The Balaban J connectivity index is 1.52. The molecule has 2 heteroatoms. The molecule has 0 aliphatic rings. The average molecular weight is 424 g/mol. The normalized spacial score (nSPS) is 11.4. The van der Waals surface area contributed by atoms with Crippen molar-refractivity contribution in [3.63, 3.8) is 0 Å². The van der Waals surface area contributed by atoms with Crippen LogP contribution in [0.3, 0.4) is 0 Å². The molecule has 4 aromatic carbocycles. The number of hydrogen-bond donors (Lipinski definition) is 0. The first kappa shape index (κ1) is 20.7. The standard InChI is InChI=1S/C28H26P2/c1-5-15-25(16-6-1)29(26-17-7-2-8-18-26)23-13-14-24-30(27-19-9-3-10-20-27)28-21-11-4-12-22-28/h1-13,15-23H,14,24H2. The van der Waals surface area contributed by atoms with Crippen LogP contribution in [0.5, 0.6) is 0 Å². The van der Waals surface area contributed by atoms with E-state index < -0.39 is 7.92 Å². The molecular weight excluding hydrogens is 398 g/mol. The van der Waals surface area contributed by atoms with E-state index in [9.17, 15) is 0 Å². The molecule has 0 saturated heterocycles. The number of rotatable bonds is 8. The Morgan fingerprint density at radius 2 is 0.833 bits per heavy atom. The fraction of sp³-hybridized carbons (Fsp3) is 0.0714. The Kier molecular flexibility index (Phi) is 7.63. The van der Waals surface area contributed by atoms with Gasteiger partial charge >= 0.3 is 0 Å². The van der Waals surface area contributed by atoms with Gasteiger partial charge < -0.3 is 0 Å². The summed E-state index contributed by atoms with van der Waals surface area (Å²) in [5.74, 6) is 2.45. The molecule has 0 aromatic heterocycles. The van der Waals surface area contributed by atoms with Crippen molar-refractivity contribution in [2.24, 2.45) is 0 Å². The Morgan fingerprint density at radius 1 is 0.467 bits per heavy atom. The summed E-state index contributed by atoms with van der Waals surface area (Å²) in [7, 11) is -0.798. The van der Waals surface area contributed by atoms with Crippen LogP contribution in [-0.4, -0.2) is 6.16 Å². The molecule has 0 amide bonds. The molecule has 0 unspecified atom stereocenters. The zero-order chi connectivity index (χ0) is 20.4. The lowest BCUT2D eigenvalue weighted by molar-refractivity contribution is 1.24. The summed E-state index contributed by atoms with van der Waals surface area (Å²) in [6.07, 6.45) is 4.67. The Labute approximate surface area is 182 Å². The van der Waals surface area contributed by atoms with E-state index in [2.05, 4.69) is 133 Å². The maximum absolute atomic E-state index is 2.45. The van der Waals surface area contributed by atoms with E-state index in [0.717, 1.165) is 6.42 Å². The first-order chi connectivity index (χ1) is 14.9. The van der Waals surface area contributed by atoms with E-state index in [1.807, 2.05) is 0 Å². The smallest absolute Gasteiger partial charge is 0.0157 e. The largest absolute Gasteiger partial charge is 0.0831 e. The van der Waals surface area contributed by atoms with E-state index in [1.165, 1.54) is 27.4 Å². The van der Waals surface area contributed by atoms with Crippen LogP contribution in [0.1, 0.15) is 6.42 Å². The molecule has 0 spiro atoms. The van der Waals surface area contributed by atoms with Gasteiger partial charge in [0.1, 0.15) is 0 Å². The molecule has 0 fully saturated rings. The number of allylic oxidation sites excluding steroid dienone is 1. The SMILES string of the molecule is C(=CP(c1ccccc1)c1ccccc1)CCP(c1ccccc1)c1ccccc1. The molecule has 30 heavy (non-hydrogen) atoms. The predicted octanol–water partition coefficient (Wildman–Crippen LogP) is 6.16. The minimum Gasteiger partial charge on any atom is -0.0831 e. The minimum atomic E-state index is -0.464. The van der Waals surface area contributed by atoms with Crippen molar-refractivity contribution in [2.45, 2.75) is 6.42 Å². The molecule has 0 nitrogen and oxygen atoms in total. The summed E-state index contributed by atoms with van der Waals surface area (Å²) in [4.78, 5) is 0. The monoisotopic (exact) mass is 424 g/mol. The van der Waals surface area contributed by atoms with Gasteiger partial charge in [0.25, 0.3) is 0 Å². The summed E-state index contributed by atoms with van der Waals surface area (Å²) < 4.78 is 0. The topological polar surface area (TPSA) is 0 Å². The van der Waals surface area contributed by atoms with E-state index in [1.54, 1.807) is 0 Å². The number of hydrogen-bond acceptors (Lipinski definition) is 0. The summed E-state index contributed by atoms with van der Waals surface area (Å²) in [5.41, 5.74) is 0. The molecule has 0 aliphatic carbocycles. The van der Waals surface area contributed by atoms with Gasteiger partial charge in [-0.3, -0.25) is 0 Å². The lowest BCUT2D eigenvalue weighted by Gasteiger charge is -2.18. The van der Waals surface area contributed by atoms with Gasteiger partial charge in [-0.05, 0) is 49.6 Å². The second-order valence-corrected chi connectivity index (χ2v) is 11.4. The van der Waals surface area contributed by atoms with Crippen LogP contribution in [0.25, 0.3) is 0 Å². The minimum absolute atomic E-state index is 0.334. The Bertz CT molecular complexity index is 950. The zero-order valence-corrected chi connectivity index (χ0v) is 18.8. The van der Waals surface area contributed by atoms with Crippen LogP contribution >= 0.6 is 15.8 Å². The zero-order valence-electron chi connectivity index (χ0n) is 17.0. The van der Waals surface area contributed by atoms with Gasteiger partial charge in [0.2, 0.25) is 0 Å². The highest BCUT2D eigenvalue weighted by Crippen LogP contribution is 2.37. The highest BCUT2D eigenvalue weighted by Gasteiger charge is 2.13. The predicted molar refractivity (Wildman–Crippen MR) is 137 cm³/mol. The van der Waals surface area contributed by atoms with Crippen molar-refractivity contribution in [1.82, 2.24) is 0 Å². The van der Waals surface area contributed by atoms with E-state index in [0.29, 0.717) is 0 Å². The molecule has 0 saturated carbocycles. The van der Waals surface area contributed by atoms with Crippen LogP contribution in [-0.2, 0) is 0 Å². The molecule has 4 aromatic rings. The van der Waals surface area contributed by atoms with Gasteiger partial charge in [-0.1, -0.05) is 133 Å². The average Bonchev–Trinajstić information content (AvgIpc) is 2.84. The highest BCUT2D eigenvalue weighted by atomic mass is 31.1. The molecule has 0 heterocycles. The van der Waals surface area contributed by atoms with Crippen LogP contribution in [0.4, 0.5) is 0 Å². The van der Waals surface area contributed by atoms with Crippen molar-refractivity contribution < 1.29 is 0 Å². The van der Waals surface area contributed by atoms with Gasteiger partial charge in [0.05, 0.1) is 0 Å². The van der Waals surface area contributed by atoms with Gasteiger partial charge in [0.15, 0.2) is 0 Å². The molecule has 4 rings (SSSR count). The van der Waals surface area contributed by atoms with Crippen molar-refractivity contribution in [1.29, 1.82) is 0 Å². The van der Waals surface area contributed by atoms with E-state index >= 15 is 0 Å². The lowest BCUT2D eigenvalue weighted by atomic mass is 10.4. The summed E-state index contributed by atoms with van der Waals surface area (Å²) in [6.45, 7) is 0. The molecule has 0 N–H and O–H groups in total. The molecular formula is C28H26P2. The number of benzene rings is 4. The molecule has 0 atom stereocenters. The Morgan fingerprint density at radius 3 is 1.23 bits per heavy atom. The van der Waals surface area contributed by atoms with Crippen molar-refractivity contribution >= 4 is 37.1 Å². The van der Waals surface area contributed by atoms with Crippen LogP contribution in [0.2, 0.25) is 0 Å². The van der Waals surface area contributed by atoms with E-state index in [-0.39, 0.29) is 7.92 Å². The van der Waals surface area contributed by atoms with Crippen LogP contribution in [0, 0.1) is 0 Å². The quantitative estimate of drug-likeness (QED) is 0.297. The summed E-state index contributed by atoms with van der Waals surface area (Å²) >= 11 is 0. The van der Waals surface area contributed by atoms with Crippen molar-refractivity contribution in [3.8, 4) is 0 Å². The fourth-order valence-electron chi connectivity index (χ4n) is 3.51. The maximum atomic E-state index is 2.45. The lowest BCUT2D eigenvalue weighted by Crippen LogP contribution is -2.13. The molecule has 0 bridgehead atoms. The van der Waals surface area contributed by atoms with E-state index in [4.69, 9.17) is 0 Å². The second-order valence-electron chi connectivity index (χ2n) is 7.04. The third kappa shape index (κ3) is 5.54. The van der Waals surface area contributed by atoms with Crippen LogP contribution < -0.4 is 21.2 Å². The van der Waals surface area contributed by atoms with Crippen molar-refractivity contribution in [3.05, 3.63) is 133 Å². The van der Waals surface area contributed by atoms with Gasteiger partial charge in [-0.25, -0.2) is 0 Å². The van der Waals surface area contributed by atoms with Gasteiger partial charge in [-0.15, -0.1) is 0 Å². The summed E-state index contributed by atoms with van der Waals surface area (Å²) in [5, 5.41) is 5.73. The third-order valence-electron chi connectivity index (χ3n) is 4.98. The summed E-state index contributed by atoms with van der Waals surface area (Å²) in [6, 6.07) is 43.8. The second kappa shape index (κ2) is 11.0. The molecule has 0 aliphatic heterocycles.